The lowest BCUT2D eigenvalue weighted by Crippen LogP contribution is -2.52. The van der Waals surface area contributed by atoms with Crippen LogP contribution in [0.5, 0.6) is 0 Å². The Morgan fingerprint density at radius 3 is 2.55 bits per heavy atom. The maximum atomic E-state index is 13.5. The summed E-state index contributed by atoms with van der Waals surface area (Å²) in [6, 6.07) is 5.82. The van der Waals surface area contributed by atoms with Crippen LogP contribution in [0.4, 0.5) is 4.39 Å². The number of halogens is 1. The van der Waals surface area contributed by atoms with Crippen LogP contribution in [0.1, 0.15) is 24.2 Å². The van der Waals surface area contributed by atoms with Gasteiger partial charge in [0.05, 0.1) is 17.8 Å². The molecule has 0 unspecified atom stereocenters. The highest BCUT2D eigenvalue weighted by molar-refractivity contribution is 7.80. The number of morpholine rings is 1. The van der Waals surface area contributed by atoms with Gasteiger partial charge in [0, 0.05) is 13.1 Å². The number of nitrogens with zero attached hydrogens (tertiary/aromatic N) is 1. The largest absolute Gasteiger partial charge is 0.372 e. The topological polar surface area (TPSA) is 41.6 Å². The molecule has 1 fully saturated rings. The Labute approximate surface area is 122 Å². The number of carbonyl (C=O) groups is 1. The third kappa shape index (κ3) is 3.52. The molecule has 0 spiro atoms. The van der Waals surface area contributed by atoms with Crippen molar-refractivity contribution in [3.05, 3.63) is 35.6 Å². The van der Waals surface area contributed by atoms with Crippen molar-refractivity contribution in [2.75, 3.05) is 13.1 Å². The molecule has 108 valence electrons. The van der Waals surface area contributed by atoms with Gasteiger partial charge in [0.15, 0.2) is 5.11 Å². The number of ether oxygens (including phenoxy) is 1. The number of benzene rings is 1. The second-order valence-corrected chi connectivity index (χ2v) is 5.29. The van der Waals surface area contributed by atoms with Gasteiger partial charge < -0.3 is 9.64 Å². The molecule has 2 atom stereocenters. The molecule has 0 bridgehead atoms. The van der Waals surface area contributed by atoms with Gasteiger partial charge in [-0.15, -0.1) is 0 Å². The number of rotatable bonds is 1. The average molecular weight is 296 g/mol. The molecule has 4 nitrogen and oxygen atoms in total. The Bertz CT molecular complexity index is 514. The lowest BCUT2D eigenvalue weighted by atomic mass is 10.2. The fraction of sp³-hybridized carbons (Fsp3) is 0.429. The molecule has 1 aromatic carbocycles. The quantitative estimate of drug-likeness (QED) is 0.804. The van der Waals surface area contributed by atoms with E-state index in [1.165, 1.54) is 18.2 Å². The van der Waals surface area contributed by atoms with Crippen LogP contribution in [-0.2, 0) is 4.74 Å². The summed E-state index contributed by atoms with van der Waals surface area (Å²) in [5, 5.41) is 2.88. The SMILES string of the molecule is C[C@H]1CN(C(=S)NC(=O)c2ccccc2F)C[C@H](C)O1. The zero-order chi connectivity index (χ0) is 14.7. The third-order valence-corrected chi connectivity index (χ3v) is 3.41. The molecule has 0 aliphatic carbocycles. The molecule has 1 heterocycles. The van der Waals surface area contributed by atoms with Gasteiger partial charge in [-0.1, -0.05) is 12.1 Å². The van der Waals surface area contributed by atoms with E-state index in [1.54, 1.807) is 6.07 Å². The Kier molecular flexibility index (Phi) is 4.67. The Balaban J connectivity index is 2.01. The van der Waals surface area contributed by atoms with Crippen molar-refractivity contribution in [3.63, 3.8) is 0 Å². The minimum absolute atomic E-state index is 0.00999. The van der Waals surface area contributed by atoms with E-state index in [2.05, 4.69) is 5.32 Å². The molecule has 1 saturated heterocycles. The summed E-state index contributed by atoms with van der Waals surface area (Å²) in [6.07, 6.45) is 0.0872. The molecule has 1 aromatic rings. The fourth-order valence-corrected chi connectivity index (χ4v) is 2.47. The first kappa shape index (κ1) is 14.9. The minimum Gasteiger partial charge on any atom is -0.372 e. The summed E-state index contributed by atoms with van der Waals surface area (Å²) in [4.78, 5) is 13.9. The molecule has 2 rings (SSSR count). The van der Waals surface area contributed by atoms with Crippen molar-refractivity contribution in [3.8, 4) is 0 Å². The second-order valence-electron chi connectivity index (χ2n) is 4.90. The molecule has 1 aliphatic heterocycles. The molecule has 0 saturated carbocycles. The second kappa shape index (κ2) is 6.28. The van der Waals surface area contributed by atoms with E-state index in [0.717, 1.165) is 0 Å². The van der Waals surface area contributed by atoms with E-state index < -0.39 is 11.7 Å². The highest BCUT2D eigenvalue weighted by Crippen LogP contribution is 2.11. The Morgan fingerprint density at radius 1 is 1.35 bits per heavy atom. The van der Waals surface area contributed by atoms with Crippen LogP contribution in [-0.4, -0.2) is 41.2 Å². The van der Waals surface area contributed by atoms with Crippen molar-refractivity contribution in [1.29, 1.82) is 0 Å². The van der Waals surface area contributed by atoms with Gasteiger partial charge in [0.1, 0.15) is 5.82 Å². The summed E-state index contributed by atoms with van der Waals surface area (Å²) < 4.78 is 19.1. The number of thiocarbonyl (C=S) groups is 1. The Morgan fingerprint density at radius 2 is 1.95 bits per heavy atom. The fourth-order valence-electron chi connectivity index (χ4n) is 2.23. The molecule has 0 aromatic heterocycles. The standard InChI is InChI=1S/C14H17FN2O2S/c1-9-7-17(8-10(2)19-9)14(20)16-13(18)11-5-3-4-6-12(11)15/h3-6,9-10H,7-8H2,1-2H3,(H,16,18,20)/t9-,10-/m0/s1. The summed E-state index contributed by atoms with van der Waals surface area (Å²) in [6.45, 7) is 5.12. The summed E-state index contributed by atoms with van der Waals surface area (Å²) in [5.41, 5.74) is -0.00999. The molecule has 1 amide bonds. The molecular formula is C14H17FN2O2S. The zero-order valence-corrected chi connectivity index (χ0v) is 12.2. The van der Waals surface area contributed by atoms with Crippen LogP contribution in [0.15, 0.2) is 24.3 Å². The van der Waals surface area contributed by atoms with Crippen LogP contribution in [0, 0.1) is 5.82 Å². The van der Waals surface area contributed by atoms with Gasteiger partial charge in [0.25, 0.3) is 5.91 Å². The normalized spacial score (nSPS) is 22.4. The number of hydrogen-bond donors (Lipinski definition) is 1. The number of amides is 1. The molecular weight excluding hydrogens is 279 g/mol. The van der Waals surface area contributed by atoms with E-state index in [1.807, 2.05) is 18.7 Å². The van der Waals surface area contributed by atoms with Crippen molar-refractivity contribution in [1.82, 2.24) is 10.2 Å². The van der Waals surface area contributed by atoms with Gasteiger partial charge in [-0.05, 0) is 38.2 Å². The van der Waals surface area contributed by atoms with Gasteiger partial charge in [-0.2, -0.15) is 0 Å². The first-order chi connectivity index (χ1) is 9.47. The van der Waals surface area contributed by atoms with E-state index in [0.29, 0.717) is 18.2 Å². The van der Waals surface area contributed by atoms with Crippen molar-refractivity contribution < 1.29 is 13.9 Å². The van der Waals surface area contributed by atoms with E-state index in [4.69, 9.17) is 17.0 Å². The van der Waals surface area contributed by atoms with Gasteiger partial charge in [0.2, 0.25) is 0 Å². The molecule has 1 aliphatic rings. The molecule has 1 N–H and O–H groups in total. The van der Waals surface area contributed by atoms with Crippen molar-refractivity contribution >= 4 is 23.2 Å². The monoisotopic (exact) mass is 296 g/mol. The molecule has 0 radical (unpaired) electrons. The third-order valence-electron chi connectivity index (χ3n) is 3.05. The van der Waals surface area contributed by atoms with Crippen LogP contribution >= 0.6 is 12.2 Å². The van der Waals surface area contributed by atoms with Crippen molar-refractivity contribution in [2.24, 2.45) is 0 Å². The zero-order valence-electron chi connectivity index (χ0n) is 11.4. The first-order valence-corrected chi connectivity index (χ1v) is 6.88. The summed E-state index contributed by atoms with van der Waals surface area (Å²) in [7, 11) is 0. The van der Waals surface area contributed by atoms with Crippen molar-refractivity contribution in [2.45, 2.75) is 26.1 Å². The predicted molar refractivity (Wildman–Crippen MR) is 78.0 cm³/mol. The predicted octanol–water partition coefficient (Wildman–Crippen LogP) is 1.95. The number of carbonyl (C=O) groups excluding carboxylic acids is 1. The maximum absolute atomic E-state index is 13.5. The van der Waals surface area contributed by atoms with Gasteiger partial charge in [-0.25, -0.2) is 4.39 Å². The minimum atomic E-state index is -0.559. The smallest absolute Gasteiger partial charge is 0.260 e. The highest BCUT2D eigenvalue weighted by atomic mass is 32.1. The highest BCUT2D eigenvalue weighted by Gasteiger charge is 2.25. The summed E-state index contributed by atoms with van der Waals surface area (Å²) >= 11 is 5.22. The van der Waals surface area contributed by atoms with Crippen LogP contribution in [0.2, 0.25) is 0 Å². The van der Waals surface area contributed by atoms with Crippen LogP contribution in [0.3, 0.4) is 0 Å². The summed E-state index contributed by atoms with van der Waals surface area (Å²) in [5.74, 6) is -1.09. The van der Waals surface area contributed by atoms with Gasteiger partial charge in [-0.3, -0.25) is 10.1 Å². The van der Waals surface area contributed by atoms with Crippen LogP contribution < -0.4 is 5.32 Å². The van der Waals surface area contributed by atoms with E-state index >= 15 is 0 Å². The van der Waals surface area contributed by atoms with E-state index in [-0.39, 0.29) is 17.8 Å². The van der Waals surface area contributed by atoms with Crippen LogP contribution in [0.25, 0.3) is 0 Å². The lowest BCUT2D eigenvalue weighted by Gasteiger charge is -2.36. The van der Waals surface area contributed by atoms with Gasteiger partial charge >= 0.3 is 0 Å². The molecule has 20 heavy (non-hydrogen) atoms. The maximum Gasteiger partial charge on any atom is 0.260 e. The molecule has 6 heteroatoms. The first-order valence-electron chi connectivity index (χ1n) is 6.47. The average Bonchev–Trinajstić information content (AvgIpc) is 2.37. The Hall–Kier alpha value is -1.53. The number of hydrogen-bond acceptors (Lipinski definition) is 3. The lowest BCUT2D eigenvalue weighted by molar-refractivity contribution is -0.0481. The van der Waals surface area contributed by atoms with E-state index in [9.17, 15) is 9.18 Å². The number of nitrogens with one attached hydrogen (secondary N) is 1.